The minimum atomic E-state index is -0.340. The van der Waals surface area contributed by atoms with Gasteiger partial charge in [0.05, 0.1) is 12.7 Å². The third-order valence-electron chi connectivity index (χ3n) is 1.68. The summed E-state index contributed by atoms with van der Waals surface area (Å²) in [5, 5.41) is 0. The standard InChI is InChI=1S/C9H8Br2O2/c1-5-3-4-6(9(12)13-2)8(11)7(5)10/h3-4H,1-2H3. The van der Waals surface area contributed by atoms with Crippen LogP contribution in [0.2, 0.25) is 0 Å². The Kier molecular flexibility index (Phi) is 3.50. The Morgan fingerprint density at radius 2 is 1.92 bits per heavy atom. The van der Waals surface area contributed by atoms with Crippen LogP contribution in [0.4, 0.5) is 0 Å². The van der Waals surface area contributed by atoms with Crippen molar-refractivity contribution in [1.82, 2.24) is 0 Å². The van der Waals surface area contributed by atoms with E-state index >= 15 is 0 Å². The summed E-state index contributed by atoms with van der Waals surface area (Å²) in [6, 6.07) is 3.59. The number of carbonyl (C=O) groups is 1. The van der Waals surface area contributed by atoms with Gasteiger partial charge in [-0.25, -0.2) is 4.79 Å². The fourth-order valence-corrected chi connectivity index (χ4v) is 1.87. The number of hydrogen-bond acceptors (Lipinski definition) is 2. The van der Waals surface area contributed by atoms with Crippen LogP contribution < -0.4 is 0 Å². The van der Waals surface area contributed by atoms with Gasteiger partial charge >= 0.3 is 5.97 Å². The Hall–Kier alpha value is -0.350. The summed E-state index contributed by atoms with van der Waals surface area (Å²) >= 11 is 6.70. The Morgan fingerprint density at radius 1 is 1.31 bits per heavy atom. The van der Waals surface area contributed by atoms with Crippen molar-refractivity contribution in [2.75, 3.05) is 7.11 Å². The second-order valence-corrected chi connectivity index (χ2v) is 4.14. The lowest BCUT2D eigenvalue weighted by Crippen LogP contribution is -2.02. The van der Waals surface area contributed by atoms with Crippen molar-refractivity contribution >= 4 is 37.8 Å². The smallest absolute Gasteiger partial charge is 0.339 e. The third-order valence-corrected chi connectivity index (χ3v) is 4.06. The van der Waals surface area contributed by atoms with Crippen molar-refractivity contribution in [3.05, 3.63) is 32.2 Å². The predicted molar refractivity (Wildman–Crippen MR) is 57.9 cm³/mol. The molecule has 0 spiro atoms. The number of esters is 1. The van der Waals surface area contributed by atoms with Gasteiger partial charge < -0.3 is 4.74 Å². The number of methoxy groups -OCH3 is 1. The third kappa shape index (κ3) is 2.11. The van der Waals surface area contributed by atoms with Crippen molar-refractivity contribution in [1.29, 1.82) is 0 Å². The topological polar surface area (TPSA) is 26.3 Å². The van der Waals surface area contributed by atoms with Gasteiger partial charge in [-0.1, -0.05) is 6.07 Å². The zero-order valence-electron chi connectivity index (χ0n) is 7.23. The van der Waals surface area contributed by atoms with Crippen LogP contribution >= 0.6 is 31.9 Å². The number of ether oxygens (including phenoxy) is 1. The van der Waals surface area contributed by atoms with E-state index < -0.39 is 0 Å². The molecule has 0 fully saturated rings. The number of hydrogen-bond donors (Lipinski definition) is 0. The van der Waals surface area contributed by atoms with Crippen LogP contribution in [-0.4, -0.2) is 13.1 Å². The van der Waals surface area contributed by atoms with Crippen LogP contribution in [0, 0.1) is 6.92 Å². The molecule has 2 nitrogen and oxygen atoms in total. The molecule has 0 amide bonds. The summed E-state index contributed by atoms with van der Waals surface area (Å²) in [6.07, 6.45) is 0. The van der Waals surface area contributed by atoms with E-state index in [-0.39, 0.29) is 5.97 Å². The molecule has 0 saturated heterocycles. The molecule has 0 aliphatic heterocycles. The largest absolute Gasteiger partial charge is 0.465 e. The summed E-state index contributed by atoms with van der Waals surface area (Å²) in [5.74, 6) is -0.340. The Balaban J connectivity index is 3.26. The van der Waals surface area contributed by atoms with E-state index in [2.05, 4.69) is 36.6 Å². The molecule has 0 N–H and O–H groups in total. The molecule has 0 heterocycles. The van der Waals surface area contributed by atoms with E-state index in [9.17, 15) is 4.79 Å². The predicted octanol–water partition coefficient (Wildman–Crippen LogP) is 3.31. The highest BCUT2D eigenvalue weighted by molar-refractivity contribution is 9.13. The minimum Gasteiger partial charge on any atom is -0.465 e. The van der Waals surface area contributed by atoms with E-state index in [1.54, 1.807) is 6.07 Å². The second kappa shape index (κ2) is 4.24. The molecule has 1 aromatic carbocycles. The molecule has 0 bridgehead atoms. The summed E-state index contributed by atoms with van der Waals surface area (Å²) < 4.78 is 6.24. The fourth-order valence-electron chi connectivity index (χ4n) is 0.914. The van der Waals surface area contributed by atoms with Crippen molar-refractivity contribution in [3.63, 3.8) is 0 Å². The van der Waals surface area contributed by atoms with Gasteiger partial charge in [-0.05, 0) is 50.4 Å². The summed E-state index contributed by atoms with van der Waals surface area (Å²) in [4.78, 5) is 11.2. The second-order valence-electron chi connectivity index (χ2n) is 2.55. The van der Waals surface area contributed by atoms with Gasteiger partial charge in [-0.3, -0.25) is 0 Å². The van der Waals surface area contributed by atoms with Crippen molar-refractivity contribution in [3.8, 4) is 0 Å². The SMILES string of the molecule is COC(=O)c1ccc(C)c(Br)c1Br. The number of aryl methyl sites for hydroxylation is 1. The highest BCUT2D eigenvalue weighted by Crippen LogP contribution is 2.30. The summed E-state index contributed by atoms with van der Waals surface area (Å²) in [7, 11) is 1.36. The molecule has 0 saturated carbocycles. The number of carbonyl (C=O) groups excluding carboxylic acids is 1. The van der Waals surface area contributed by atoms with Gasteiger partial charge in [0.25, 0.3) is 0 Å². The molecule has 13 heavy (non-hydrogen) atoms. The van der Waals surface area contributed by atoms with Crippen LogP contribution in [0.15, 0.2) is 21.1 Å². The van der Waals surface area contributed by atoms with E-state index in [1.165, 1.54) is 7.11 Å². The monoisotopic (exact) mass is 306 g/mol. The Bertz CT molecular complexity index is 348. The Morgan fingerprint density at radius 3 is 2.46 bits per heavy atom. The number of halogens is 2. The molecule has 1 rings (SSSR count). The lowest BCUT2D eigenvalue weighted by molar-refractivity contribution is 0.0599. The van der Waals surface area contributed by atoms with Crippen LogP contribution in [0.5, 0.6) is 0 Å². The Labute approximate surface area is 93.5 Å². The molecule has 0 unspecified atom stereocenters. The number of benzene rings is 1. The first kappa shape index (κ1) is 10.7. The van der Waals surface area contributed by atoms with E-state index in [0.717, 1.165) is 14.5 Å². The van der Waals surface area contributed by atoms with Gasteiger partial charge in [0.1, 0.15) is 0 Å². The lowest BCUT2D eigenvalue weighted by Gasteiger charge is -2.06. The summed E-state index contributed by atoms with van der Waals surface area (Å²) in [5.41, 5.74) is 1.60. The molecule has 0 aromatic heterocycles. The fraction of sp³-hybridized carbons (Fsp3) is 0.222. The van der Waals surface area contributed by atoms with E-state index in [0.29, 0.717) is 5.56 Å². The van der Waals surface area contributed by atoms with Gasteiger partial charge in [-0.2, -0.15) is 0 Å². The zero-order chi connectivity index (χ0) is 10.0. The molecule has 1 aromatic rings. The maximum Gasteiger partial charge on any atom is 0.339 e. The maximum atomic E-state index is 11.2. The van der Waals surface area contributed by atoms with Crippen molar-refractivity contribution in [2.45, 2.75) is 6.92 Å². The molecule has 4 heteroatoms. The molecule has 0 aliphatic carbocycles. The highest BCUT2D eigenvalue weighted by atomic mass is 79.9. The first-order chi connectivity index (χ1) is 6.07. The first-order valence-corrected chi connectivity index (χ1v) is 5.19. The van der Waals surface area contributed by atoms with Crippen LogP contribution in [0.3, 0.4) is 0 Å². The normalized spacial score (nSPS) is 9.85. The first-order valence-electron chi connectivity index (χ1n) is 3.61. The molecule has 70 valence electrons. The van der Waals surface area contributed by atoms with Crippen LogP contribution in [-0.2, 0) is 4.74 Å². The van der Waals surface area contributed by atoms with Crippen LogP contribution in [0.25, 0.3) is 0 Å². The van der Waals surface area contributed by atoms with Crippen molar-refractivity contribution < 1.29 is 9.53 Å². The van der Waals surface area contributed by atoms with Gasteiger partial charge in [-0.15, -0.1) is 0 Å². The lowest BCUT2D eigenvalue weighted by atomic mass is 10.1. The van der Waals surface area contributed by atoms with Gasteiger partial charge in [0, 0.05) is 8.95 Å². The van der Waals surface area contributed by atoms with E-state index in [4.69, 9.17) is 0 Å². The van der Waals surface area contributed by atoms with E-state index in [1.807, 2.05) is 13.0 Å². The summed E-state index contributed by atoms with van der Waals surface area (Å²) in [6.45, 7) is 1.95. The van der Waals surface area contributed by atoms with Gasteiger partial charge in [0.15, 0.2) is 0 Å². The average molecular weight is 308 g/mol. The minimum absolute atomic E-state index is 0.340. The molecule has 0 radical (unpaired) electrons. The zero-order valence-corrected chi connectivity index (χ0v) is 10.4. The molecule has 0 atom stereocenters. The average Bonchev–Trinajstić information content (AvgIpc) is 2.13. The quantitative estimate of drug-likeness (QED) is 0.744. The molecular formula is C9H8Br2O2. The maximum absolute atomic E-state index is 11.2. The molecular weight excluding hydrogens is 300 g/mol. The van der Waals surface area contributed by atoms with Crippen LogP contribution in [0.1, 0.15) is 15.9 Å². The molecule has 0 aliphatic rings. The van der Waals surface area contributed by atoms with Crippen molar-refractivity contribution in [2.24, 2.45) is 0 Å². The number of rotatable bonds is 1. The van der Waals surface area contributed by atoms with Gasteiger partial charge in [0.2, 0.25) is 0 Å². The highest BCUT2D eigenvalue weighted by Gasteiger charge is 2.13.